The SMILES string of the molecule is Cc1ccc(CC(Cl)c2cccc(F)c2)nc1. The minimum Gasteiger partial charge on any atom is -0.261 e. The highest BCUT2D eigenvalue weighted by Gasteiger charge is 2.10. The summed E-state index contributed by atoms with van der Waals surface area (Å²) >= 11 is 6.25. The molecule has 0 bridgehead atoms. The van der Waals surface area contributed by atoms with Gasteiger partial charge in [0.15, 0.2) is 0 Å². The van der Waals surface area contributed by atoms with Gasteiger partial charge in [0.1, 0.15) is 5.82 Å². The smallest absolute Gasteiger partial charge is 0.123 e. The molecule has 1 aromatic heterocycles. The molecule has 1 atom stereocenters. The fourth-order valence-corrected chi connectivity index (χ4v) is 1.92. The Balaban J connectivity index is 2.11. The highest BCUT2D eigenvalue weighted by molar-refractivity contribution is 6.20. The first-order chi connectivity index (χ1) is 8.15. The zero-order valence-corrected chi connectivity index (χ0v) is 10.3. The summed E-state index contributed by atoms with van der Waals surface area (Å²) in [6.45, 7) is 1.99. The third-order valence-electron chi connectivity index (χ3n) is 2.57. The third kappa shape index (κ3) is 3.27. The van der Waals surface area contributed by atoms with Crippen molar-refractivity contribution in [3.63, 3.8) is 0 Å². The number of rotatable bonds is 3. The van der Waals surface area contributed by atoms with Gasteiger partial charge < -0.3 is 0 Å². The van der Waals surface area contributed by atoms with E-state index in [-0.39, 0.29) is 11.2 Å². The Labute approximate surface area is 105 Å². The van der Waals surface area contributed by atoms with Crippen LogP contribution in [0.4, 0.5) is 4.39 Å². The van der Waals surface area contributed by atoms with E-state index < -0.39 is 0 Å². The molecule has 0 fully saturated rings. The van der Waals surface area contributed by atoms with Crippen LogP contribution in [0.3, 0.4) is 0 Å². The van der Waals surface area contributed by atoms with Crippen LogP contribution in [0.2, 0.25) is 0 Å². The average Bonchev–Trinajstić information content (AvgIpc) is 2.32. The minimum atomic E-state index is -0.259. The van der Waals surface area contributed by atoms with Gasteiger partial charge in [-0.05, 0) is 36.2 Å². The summed E-state index contributed by atoms with van der Waals surface area (Å²) in [5.74, 6) is -0.259. The van der Waals surface area contributed by atoms with Gasteiger partial charge in [-0.25, -0.2) is 4.39 Å². The summed E-state index contributed by atoms with van der Waals surface area (Å²) in [5.41, 5.74) is 2.82. The summed E-state index contributed by atoms with van der Waals surface area (Å²) in [6.07, 6.45) is 2.41. The minimum absolute atomic E-state index is 0.249. The van der Waals surface area contributed by atoms with Crippen LogP contribution in [0.15, 0.2) is 42.6 Å². The number of hydrogen-bond donors (Lipinski definition) is 0. The molecule has 1 unspecified atom stereocenters. The lowest BCUT2D eigenvalue weighted by atomic mass is 10.1. The van der Waals surface area contributed by atoms with E-state index in [4.69, 9.17) is 11.6 Å². The summed E-state index contributed by atoms with van der Waals surface area (Å²) < 4.78 is 13.0. The lowest BCUT2D eigenvalue weighted by Crippen LogP contribution is -1.98. The second-order valence-corrected chi connectivity index (χ2v) is 4.58. The first-order valence-electron chi connectivity index (χ1n) is 5.46. The van der Waals surface area contributed by atoms with Gasteiger partial charge in [-0.1, -0.05) is 18.2 Å². The van der Waals surface area contributed by atoms with Gasteiger partial charge in [0.05, 0.1) is 5.38 Å². The molecule has 2 rings (SSSR count). The second-order valence-electron chi connectivity index (χ2n) is 4.05. The van der Waals surface area contributed by atoms with Gasteiger partial charge >= 0.3 is 0 Å². The van der Waals surface area contributed by atoms with Crippen molar-refractivity contribution in [1.82, 2.24) is 4.98 Å². The third-order valence-corrected chi connectivity index (χ3v) is 2.98. The van der Waals surface area contributed by atoms with E-state index in [2.05, 4.69) is 4.98 Å². The maximum absolute atomic E-state index is 13.0. The van der Waals surface area contributed by atoms with Crippen molar-refractivity contribution in [2.24, 2.45) is 0 Å². The molecule has 3 heteroatoms. The molecule has 88 valence electrons. The highest BCUT2D eigenvalue weighted by atomic mass is 35.5. The van der Waals surface area contributed by atoms with Gasteiger partial charge in [0.2, 0.25) is 0 Å². The van der Waals surface area contributed by atoms with Crippen molar-refractivity contribution in [1.29, 1.82) is 0 Å². The van der Waals surface area contributed by atoms with Crippen LogP contribution in [0.1, 0.15) is 22.2 Å². The van der Waals surface area contributed by atoms with Crippen LogP contribution in [-0.2, 0) is 6.42 Å². The maximum atomic E-state index is 13.0. The molecule has 0 radical (unpaired) electrons. The molecule has 1 nitrogen and oxygen atoms in total. The fourth-order valence-electron chi connectivity index (χ4n) is 1.62. The predicted octanol–water partition coefficient (Wildman–Crippen LogP) is 4.05. The zero-order valence-electron chi connectivity index (χ0n) is 9.53. The Morgan fingerprint density at radius 2 is 2.12 bits per heavy atom. The van der Waals surface area contributed by atoms with E-state index in [0.717, 1.165) is 16.8 Å². The Morgan fingerprint density at radius 3 is 2.76 bits per heavy atom. The van der Waals surface area contributed by atoms with Crippen LogP contribution in [0.25, 0.3) is 0 Å². The van der Waals surface area contributed by atoms with E-state index in [1.165, 1.54) is 12.1 Å². The summed E-state index contributed by atoms with van der Waals surface area (Å²) in [4.78, 5) is 4.29. The van der Waals surface area contributed by atoms with Crippen molar-refractivity contribution in [2.75, 3.05) is 0 Å². The Bertz CT molecular complexity index is 496. The van der Waals surface area contributed by atoms with Crippen LogP contribution < -0.4 is 0 Å². The lowest BCUT2D eigenvalue weighted by molar-refractivity contribution is 0.624. The topological polar surface area (TPSA) is 12.9 Å². The molecule has 0 N–H and O–H groups in total. The van der Waals surface area contributed by atoms with Crippen LogP contribution >= 0.6 is 11.6 Å². The molecule has 0 aliphatic heterocycles. The normalized spacial score (nSPS) is 12.4. The largest absolute Gasteiger partial charge is 0.261 e. The molecule has 17 heavy (non-hydrogen) atoms. The number of alkyl halides is 1. The van der Waals surface area contributed by atoms with Gasteiger partial charge in [-0.15, -0.1) is 11.6 Å². The average molecular weight is 250 g/mol. The fraction of sp³-hybridized carbons (Fsp3) is 0.214. The van der Waals surface area contributed by atoms with Gasteiger partial charge in [-0.3, -0.25) is 4.98 Å². The standard InChI is InChI=1S/C14H13ClFN/c1-10-5-6-13(17-9-10)8-14(15)11-3-2-4-12(16)7-11/h2-7,9,14H,8H2,1H3. The van der Waals surface area contributed by atoms with E-state index in [0.29, 0.717) is 6.42 Å². The summed E-state index contributed by atoms with van der Waals surface area (Å²) in [7, 11) is 0. The first kappa shape index (κ1) is 12.1. The molecule has 0 amide bonds. The van der Waals surface area contributed by atoms with Gasteiger partial charge in [0.25, 0.3) is 0 Å². The Kier molecular flexibility index (Phi) is 3.75. The van der Waals surface area contributed by atoms with E-state index in [1.54, 1.807) is 6.07 Å². The Hall–Kier alpha value is -1.41. The molecule has 1 heterocycles. The molecule has 1 aromatic carbocycles. The number of nitrogens with zero attached hydrogens (tertiary/aromatic N) is 1. The van der Waals surface area contributed by atoms with Gasteiger partial charge in [-0.2, -0.15) is 0 Å². The van der Waals surface area contributed by atoms with E-state index in [1.807, 2.05) is 31.3 Å². The lowest BCUT2D eigenvalue weighted by Gasteiger charge is -2.09. The van der Waals surface area contributed by atoms with Crippen molar-refractivity contribution in [3.05, 3.63) is 65.2 Å². The van der Waals surface area contributed by atoms with Crippen molar-refractivity contribution >= 4 is 11.6 Å². The quantitative estimate of drug-likeness (QED) is 0.748. The highest BCUT2D eigenvalue weighted by Crippen LogP contribution is 2.24. The predicted molar refractivity (Wildman–Crippen MR) is 67.7 cm³/mol. The van der Waals surface area contributed by atoms with Crippen molar-refractivity contribution < 1.29 is 4.39 Å². The van der Waals surface area contributed by atoms with E-state index >= 15 is 0 Å². The first-order valence-corrected chi connectivity index (χ1v) is 5.90. The molecule has 0 spiro atoms. The number of pyridine rings is 1. The molecule has 2 aromatic rings. The molecular weight excluding hydrogens is 237 g/mol. The van der Waals surface area contributed by atoms with Crippen molar-refractivity contribution in [3.8, 4) is 0 Å². The molecular formula is C14H13ClFN. The number of aryl methyl sites for hydroxylation is 1. The molecule has 0 aliphatic rings. The van der Waals surface area contributed by atoms with Crippen LogP contribution in [-0.4, -0.2) is 4.98 Å². The molecule has 0 saturated heterocycles. The second kappa shape index (κ2) is 5.28. The number of hydrogen-bond acceptors (Lipinski definition) is 1. The zero-order chi connectivity index (χ0) is 12.3. The molecule has 0 saturated carbocycles. The number of aromatic nitrogens is 1. The van der Waals surface area contributed by atoms with Gasteiger partial charge in [0, 0.05) is 18.3 Å². The summed E-state index contributed by atoms with van der Waals surface area (Å²) in [6, 6.07) is 10.3. The van der Waals surface area contributed by atoms with Crippen LogP contribution in [0.5, 0.6) is 0 Å². The molecule has 0 aliphatic carbocycles. The number of halogens is 2. The van der Waals surface area contributed by atoms with Crippen LogP contribution in [0, 0.1) is 12.7 Å². The maximum Gasteiger partial charge on any atom is 0.123 e. The van der Waals surface area contributed by atoms with Crippen molar-refractivity contribution in [2.45, 2.75) is 18.7 Å². The Morgan fingerprint density at radius 1 is 1.29 bits per heavy atom. The summed E-state index contributed by atoms with van der Waals surface area (Å²) in [5, 5.41) is -0.249. The monoisotopic (exact) mass is 249 g/mol. The number of benzene rings is 1. The van der Waals surface area contributed by atoms with E-state index in [9.17, 15) is 4.39 Å².